The fourth-order valence-electron chi connectivity index (χ4n) is 3.44. The minimum absolute atomic E-state index is 0.0203. The van der Waals surface area contributed by atoms with Crippen molar-refractivity contribution in [3.63, 3.8) is 0 Å². The molecule has 9 heteroatoms. The van der Waals surface area contributed by atoms with Crippen molar-refractivity contribution in [2.45, 2.75) is 31.6 Å². The van der Waals surface area contributed by atoms with Gasteiger partial charge in [0.2, 0.25) is 11.8 Å². The first-order valence-corrected chi connectivity index (χ1v) is 8.66. The Bertz CT molecular complexity index is 775. The highest BCUT2D eigenvalue weighted by molar-refractivity contribution is 5.55. The number of nitro benzene ring substituents is 1. The highest BCUT2D eigenvalue weighted by Gasteiger charge is 2.41. The highest BCUT2D eigenvalue weighted by atomic mass is 16.7. The van der Waals surface area contributed by atoms with Gasteiger partial charge in [-0.3, -0.25) is 15.0 Å². The van der Waals surface area contributed by atoms with Crippen molar-refractivity contribution in [1.82, 2.24) is 15.1 Å². The first-order chi connectivity index (χ1) is 12.6. The molecule has 2 aliphatic heterocycles. The van der Waals surface area contributed by atoms with Gasteiger partial charge in [0, 0.05) is 43.6 Å². The van der Waals surface area contributed by atoms with E-state index in [0.29, 0.717) is 30.6 Å². The molecule has 0 N–H and O–H groups in total. The minimum Gasteiger partial charge on any atom is -0.419 e. The van der Waals surface area contributed by atoms with Gasteiger partial charge in [0.25, 0.3) is 5.69 Å². The van der Waals surface area contributed by atoms with Crippen molar-refractivity contribution in [2.24, 2.45) is 0 Å². The fraction of sp³-hybridized carbons (Fsp3) is 0.529. The lowest BCUT2D eigenvalue weighted by molar-refractivity contribution is -0.384. The van der Waals surface area contributed by atoms with E-state index < -0.39 is 10.7 Å². The molecule has 1 aromatic carbocycles. The van der Waals surface area contributed by atoms with E-state index in [1.807, 2.05) is 6.92 Å². The molecule has 2 aromatic rings. The molecule has 3 heterocycles. The molecule has 1 atom stereocenters. The molecule has 0 saturated carbocycles. The monoisotopic (exact) mass is 360 g/mol. The number of hydrogen-bond donors (Lipinski definition) is 0. The van der Waals surface area contributed by atoms with Crippen LogP contribution in [0.25, 0.3) is 11.5 Å². The van der Waals surface area contributed by atoms with E-state index in [2.05, 4.69) is 15.1 Å². The summed E-state index contributed by atoms with van der Waals surface area (Å²) in [5, 5.41) is 19.0. The summed E-state index contributed by atoms with van der Waals surface area (Å²) in [6, 6.07) is 6.05. The van der Waals surface area contributed by atoms with E-state index in [0.717, 1.165) is 25.9 Å². The number of non-ortho nitro benzene ring substituents is 1. The SMILES string of the molecule is CC(c1nnc(-c2ccc([N+](=O)[O-])cc2)o1)N1CCC2(CC1)OCCO2. The predicted octanol–water partition coefficient (Wildman–Crippen LogP) is 2.54. The van der Waals surface area contributed by atoms with Crippen molar-refractivity contribution in [3.8, 4) is 11.5 Å². The van der Waals surface area contributed by atoms with Crippen LogP contribution in [0, 0.1) is 10.1 Å². The number of benzene rings is 1. The van der Waals surface area contributed by atoms with Gasteiger partial charge in [-0.05, 0) is 19.1 Å². The molecule has 0 aliphatic carbocycles. The van der Waals surface area contributed by atoms with Crippen molar-refractivity contribution in [3.05, 3.63) is 40.3 Å². The summed E-state index contributed by atoms with van der Waals surface area (Å²) in [6.07, 6.45) is 1.64. The van der Waals surface area contributed by atoms with Crippen LogP contribution in [0.4, 0.5) is 5.69 Å². The van der Waals surface area contributed by atoms with Crippen LogP contribution in [0.3, 0.4) is 0 Å². The summed E-state index contributed by atoms with van der Waals surface area (Å²) in [6.45, 7) is 5.02. The lowest BCUT2D eigenvalue weighted by Gasteiger charge is -2.39. The second kappa shape index (κ2) is 6.75. The molecule has 2 fully saturated rings. The third kappa shape index (κ3) is 3.20. The van der Waals surface area contributed by atoms with Gasteiger partial charge in [-0.1, -0.05) is 0 Å². The zero-order valence-electron chi connectivity index (χ0n) is 14.5. The molecule has 0 bridgehead atoms. The number of nitro groups is 1. The third-order valence-corrected chi connectivity index (χ3v) is 5.04. The summed E-state index contributed by atoms with van der Waals surface area (Å²) < 4.78 is 17.3. The van der Waals surface area contributed by atoms with Gasteiger partial charge in [-0.2, -0.15) is 0 Å². The van der Waals surface area contributed by atoms with E-state index in [9.17, 15) is 10.1 Å². The van der Waals surface area contributed by atoms with E-state index >= 15 is 0 Å². The van der Waals surface area contributed by atoms with Crippen molar-refractivity contribution < 1.29 is 18.8 Å². The van der Waals surface area contributed by atoms with Crippen LogP contribution in [-0.4, -0.2) is 52.1 Å². The Morgan fingerprint density at radius 1 is 1.15 bits per heavy atom. The Hall–Kier alpha value is -2.36. The van der Waals surface area contributed by atoms with Crippen molar-refractivity contribution in [1.29, 1.82) is 0 Å². The van der Waals surface area contributed by atoms with Gasteiger partial charge in [-0.25, -0.2) is 0 Å². The van der Waals surface area contributed by atoms with Crippen molar-refractivity contribution in [2.75, 3.05) is 26.3 Å². The van der Waals surface area contributed by atoms with E-state index in [4.69, 9.17) is 13.9 Å². The largest absolute Gasteiger partial charge is 0.419 e. The van der Waals surface area contributed by atoms with Crippen LogP contribution in [0.2, 0.25) is 0 Å². The van der Waals surface area contributed by atoms with Gasteiger partial charge in [0.05, 0.1) is 24.2 Å². The summed E-state index contributed by atoms with van der Waals surface area (Å²) in [5.41, 5.74) is 0.687. The summed E-state index contributed by atoms with van der Waals surface area (Å²) in [7, 11) is 0. The summed E-state index contributed by atoms with van der Waals surface area (Å²) >= 11 is 0. The normalized spacial score (nSPS) is 21.1. The molecule has 1 aromatic heterocycles. The van der Waals surface area contributed by atoms with E-state index in [1.165, 1.54) is 12.1 Å². The number of hydrogen-bond acceptors (Lipinski definition) is 8. The molecule has 9 nitrogen and oxygen atoms in total. The average Bonchev–Trinajstić information content (AvgIpc) is 3.32. The summed E-state index contributed by atoms with van der Waals surface area (Å²) in [5.74, 6) is 0.481. The lowest BCUT2D eigenvalue weighted by atomic mass is 10.0. The molecular weight excluding hydrogens is 340 g/mol. The smallest absolute Gasteiger partial charge is 0.269 e. The number of rotatable bonds is 4. The molecule has 0 radical (unpaired) electrons. The number of nitrogens with zero attached hydrogens (tertiary/aromatic N) is 4. The first kappa shape index (κ1) is 17.1. The van der Waals surface area contributed by atoms with Crippen LogP contribution < -0.4 is 0 Å². The maximum atomic E-state index is 10.7. The Morgan fingerprint density at radius 3 is 2.42 bits per heavy atom. The van der Waals surface area contributed by atoms with Gasteiger partial charge in [-0.15, -0.1) is 10.2 Å². The van der Waals surface area contributed by atoms with Gasteiger partial charge < -0.3 is 13.9 Å². The zero-order valence-corrected chi connectivity index (χ0v) is 14.5. The van der Waals surface area contributed by atoms with Crippen LogP contribution in [-0.2, 0) is 9.47 Å². The van der Waals surface area contributed by atoms with Gasteiger partial charge in [0.15, 0.2) is 5.79 Å². The standard InChI is InChI=1S/C17H20N4O5/c1-12(20-8-6-17(7-9-20)24-10-11-25-17)15-18-19-16(26-15)13-2-4-14(5-3-13)21(22)23/h2-5,12H,6-11H2,1H3. The highest BCUT2D eigenvalue weighted by Crippen LogP contribution is 2.34. The van der Waals surface area contributed by atoms with Gasteiger partial charge >= 0.3 is 0 Å². The molecule has 1 spiro atoms. The molecule has 4 rings (SSSR count). The van der Waals surface area contributed by atoms with Crippen LogP contribution in [0.5, 0.6) is 0 Å². The van der Waals surface area contributed by atoms with Crippen LogP contribution >= 0.6 is 0 Å². The lowest BCUT2D eigenvalue weighted by Crippen LogP contribution is -2.45. The van der Waals surface area contributed by atoms with E-state index in [1.54, 1.807) is 12.1 Å². The minimum atomic E-state index is -0.438. The number of likely N-dealkylation sites (tertiary alicyclic amines) is 1. The Kier molecular flexibility index (Phi) is 4.43. The maximum Gasteiger partial charge on any atom is 0.269 e. The molecule has 1 unspecified atom stereocenters. The quantitative estimate of drug-likeness (QED) is 0.605. The molecule has 2 saturated heterocycles. The molecule has 26 heavy (non-hydrogen) atoms. The zero-order chi connectivity index (χ0) is 18.1. The Morgan fingerprint density at radius 2 is 1.81 bits per heavy atom. The first-order valence-electron chi connectivity index (χ1n) is 8.66. The summed E-state index contributed by atoms with van der Waals surface area (Å²) in [4.78, 5) is 12.6. The van der Waals surface area contributed by atoms with Crippen LogP contribution in [0.15, 0.2) is 28.7 Å². The molecule has 0 amide bonds. The fourth-order valence-corrected chi connectivity index (χ4v) is 3.44. The average molecular weight is 360 g/mol. The number of ether oxygens (including phenoxy) is 2. The molecule has 138 valence electrons. The van der Waals surface area contributed by atoms with Crippen LogP contribution in [0.1, 0.15) is 31.7 Å². The van der Waals surface area contributed by atoms with E-state index in [-0.39, 0.29) is 11.7 Å². The Labute approximate surface area is 150 Å². The molecular formula is C17H20N4O5. The van der Waals surface area contributed by atoms with Crippen molar-refractivity contribution >= 4 is 5.69 Å². The number of piperidine rings is 1. The third-order valence-electron chi connectivity index (χ3n) is 5.04. The van der Waals surface area contributed by atoms with Gasteiger partial charge in [0.1, 0.15) is 0 Å². The second-order valence-electron chi connectivity index (χ2n) is 6.57. The topological polar surface area (TPSA) is 104 Å². The Balaban J connectivity index is 1.43. The maximum absolute atomic E-state index is 10.7. The number of aromatic nitrogens is 2. The molecule has 2 aliphatic rings. The second-order valence-corrected chi connectivity index (χ2v) is 6.57. The predicted molar refractivity (Wildman–Crippen MR) is 90.2 cm³/mol.